The molecule has 0 unspecified atom stereocenters. The second-order valence-corrected chi connectivity index (χ2v) is 17.4. The Morgan fingerprint density at radius 2 is 0.922 bits per heavy atom. The first-order valence-electron chi connectivity index (χ1n) is 22.9. The number of fused-ring (bicyclic) bond motifs is 5. The fraction of sp³-hybridized carbons (Fsp3) is 0.0968. The smallest absolute Gasteiger partial charge is 0.136 e. The first-order valence-corrected chi connectivity index (χ1v) is 22.9. The van der Waals surface area contributed by atoms with Crippen molar-refractivity contribution in [3.05, 3.63) is 224 Å². The summed E-state index contributed by atoms with van der Waals surface area (Å²) in [4.78, 5) is 2.55. The SMILES string of the molecule is c1ccc(-c2ccc(-c3cccc4ccccc34)cc2N(c2ccccc2-c2ccc3c(c2)oc2ccccc23)c2ccccc2-c2cccc3cccc(C4CCCCC4)c23)cc1. The zero-order valence-electron chi connectivity index (χ0n) is 35.8. The molecule has 10 aromatic carbocycles. The van der Waals surface area contributed by atoms with Crippen LogP contribution in [0.5, 0.6) is 0 Å². The third kappa shape index (κ3) is 6.66. The second-order valence-electron chi connectivity index (χ2n) is 17.4. The van der Waals surface area contributed by atoms with Gasteiger partial charge in [0.1, 0.15) is 11.2 Å². The van der Waals surface area contributed by atoms with Gasteiger partial charge < -0.3 is 9.32 Å². The molecule has 1 aliphatic carbocycles. The number of nitrogens with zero attached hydrogens (tertiary/aromatic N) is 1. The molecule has 0 aliphatic heterocycles. The Labute approximate surface area is 374 Å². The molecule has 0 spiro atoms. The lowest BCUT2D eigenvalue weighted by atomic mass is 9.80. The van der Waals surface area contributed by atoms with E-state index in [1.54, 1.807) is 0 Å². The summed E-state index contributed by atoms with van der Waals surface area (Å²) in [5.74, 6) is 0.554. The predicted octanol–water partition coefficient (Wildman–Crippen LogP) is 18.1. The van der Waals surface area contributed by atoms with E-state index < -0.39 is 0 Å². The Hall–Kier alpha value is -7.68. The number of benzene rings is 10. The molecule has 0 N–H and O–H groups in total. The number of para-hydroxylation sites is 3. The molecule has 1 saturated carbocycles. The largest absolute Gasteiger partial charge is 0.456 e. The Morgan fingerprint density at radius 3 is 1.77 bits per heavy atom. The lowest BCUT2D eigenvalue weighted by Gasteiger charge is -2.32. The summed E-state index contributed by atoms with van der Waals surface area (Å²) in [7, 11) is 0. The molecule has 11 aromatic rings. The van der Waals surface area contributed by atoms with Crippen molar-refractivity contribution in [3.8, 4) is 44.5 Å². The second kappa shape index (κ2) is 16.2. The average molecular weight is 822 g/mol. The molecule has 1 fully saturated rings. The van der Waals surface area contributed by atoms with Gasteiger partial charge in [0.25, 0.3) is 0 Å². The van der Waals surface area contributed by atoms with Crippen LogP contribution in [0.15, 0.2) is 223 Å². The summed E-state index contributed by atoms with van der Waals surface area (Å²) in [6, 6.07) is 80.3. The van der Waals surface area contributed by atoms with Gasteiger partial charge in [0.05, 0.1) is 17.1 Å². The van der Waals surface area contributed by atoms with Gasteiger partial charge in [-0.2, -0.15) is 0 Å². The molecule has 1 heterocycles. The lowest BCUT2D eigenvalue weighted by Crippen LogP contribution is -2.14. The van der Waals surface area contributed by atoms with Crippen LogP contribution in [0, 0.1) is 0 Å². The molecule has 2 heteroatoms. The van der Waals surface area contributed by atoms with E-state index in [4.69, 9.17) is 4.42 Å². The van der Waals surface area contributed by atoms with Gasteiger partial charge in [-0.25, -0.2) is 0 Å². The number of anilines is 3. The van der Waals surface area contributed by atoms with Gasteiger partial charge in [0, 0.05) is 27.5 Å². The van der Waals surface area contributed by atoms with Crippen molar-refractivity contribution >= 4 is 60.5 Å². The van der Waals surface area contributed by atoms with E-state index in [9.17, 15) is 0 Å². The summed E-state index contributed by atoms with van der Waals surface area (Å²) in [6.07, 6.45) is 6.40. The van der Waals surface area contributed by atoms with E-state index in [0.717, 1.165) is 61.3 Å². The van der Waals surface area contributed by atoms with Gasteiger partial charge in [-0.15, -0.1) is 0 Å². The summed E-state index contributed by atoms with van der Waals surface area (Å²) in [5, 5.41) is 7.39. The van der Waals surface area contributed by atoms with Crippen molar-refractivity contribution in [1.29, 1.82) is 0 Å². The lowest BCUT2D eigenvalue weighted by molar-refractivity contribution is 0.445. The van der Waals surface area contributed by atoms with Gasteiger partial charge in [-0.3, -0.25) is 0 Å². The normalized spacial score (nSPS) is 13.2. The maximum Gasteiger partial charge on any atom is 0.136 e. The molecule has 0 radical (unpaired) electrons. The predicted molar refractivity (Wildman–Crippen MR) is 271 cm³/mol. The highest BCUT2D eigenvalue weighted by Gasteiger charge is 2.26. The maximum absolute atomic E-state index is 6.53. The molecule has 0 bridgehead atoms. The average Bonchev–Trinajstić information content (AvgIpc) is 3.75. The van der Waals surface area contributed by atoms with Crippen LogP contribution in [0.25, 0.3) is 88.0 Å². The molecule has 12 rings (SSSR count). The van der Waals surface area contributed by atoms with Crippen LogP contribution in [0.1, 0.15) is 43.6 Å². The van der Waals surface area contributed by atoms with Crippen molar-refractivity contribution in [2.45, 2.75) is 38.0 Å². The zero-order chi connectivity index (χ0) is 42.4. The minimum Gasteiger partial charge on any atom is -0.456 e. The monoisotopic (exact) mass is 821 g/mol. The fourth-order valence-corrected chi connectivity index (χ4v) is 10.7. The van der Waals surface area contributed by atoms with Gasteiger partial charge in [-0.05, 0) is 110 Å². The van der Waals surface area contributed by atoms with Gasteiger partial charge in [0.2, 0.25) is 0 Å². The molecule has 0 saturated heterocycles. The quantitative estimate of drug-likeness (QED) is 0.152. The van der Waals surface area contributed by atoms with Crippen molar-refractivity contribution in [2.75, 3.05) is 4.90 Å². The number of furan rings is 1. The van der Waals surface area contributed by atoms with E-state index in [1.807, 2.05) is 6.07 Å². The van der Waals surface area contributed by atoms with E-state index in [2.05, 4.69) is 217 Å². The molecule has 2 nitrogen and oxygen atoms in total. The highest BCUT2D eigenvalue weighted by atomic mass is 16.3. The zero-order valence-corrected chi connectivity index (χ0v) is 35.8. The molecule has 0 atom stereocenters. The molecule has 0 amide bonds. The summed E-state index contributed by atoms with van der Waals surface area (Å²) < 4.78 is 6.53. The van der Waals surface area contributed by atoms with Gasteiger partial charge in [0.15, 0.2) is 0 Å². The van der Waals surface area contributed by atoms with Crippen LogP contribution in [0.3, 0.4) is 0 Å². The molecular formula is C62H47NO. The van der Waals surface area contributed by atoms with Crippen molar-refractivity contribution in [2.24, 2.45) is 0 Å². The van der Waals surface area contributed by atoms with E-state index in [-0.39, 0.29) is 0 Å². The molecule has 64 heavy (non-hydrogen) atoms. The molecule has 1 aliphatic rings. The third-order valence-electron chi connectivity index (χ3n) is 13.7. The van der Waals surface area contributed by atoms with Crippen LogP contribution in [-0.2, 0) is 0 Å². The first kappa shape index (κ1) is 38.0. The van der Waals surface area contributed by atoms with Gasteiger partial charge in [-0.1, -0.05) is 201 Å². The van der Waals surface area contributed by atoms with Crippen molar-refractivity contribution < 1.29 is 4.42 Å². The summed E-state index contributed by atoms with van der Waals surface area (Å²) >= 11 is 0. The standard InChI is InChI=1S/C62H47NO/c1-3-18-43(19-4-1)51-38-36-46(49-30-15-23-42-22-7-8-26-48(42)49)40-59(51)63(57-33-12-9-27-50(57)47-37-39-55-54-29-11-14-35-60(54)64-61(55)41-47)58-34-13-10-28-53(58)56-32-17-25-45-24-16-31-52(62(45)56)44-20-5-2-6-21-44/h1,3-4,7-19,22-41,44H,2,5-6,20-21H2. The topological polar surface area (TPSA) is 16.4 Å². The molecule has 306 valence electrons. The van der Waals surface area contributed by atoms with E-state index in [0.29, 0.717) is 5.92 Å². The Morgan fingerprint density at radius 1 is 0.344 bits per heavy atom. The molecular weight excluding hydrogens is 775 g/mol. The molecule has 1 aromatic heterocycles. The summed E-state index contributed by atoms with van der Waals surface area (Å²) in [5.41, 5.74) is 16.0. The third-order valence-corrected chi connectivity index (χ3v) is 13.7. The Kier molecular flexibility index (Phi) is 9.64. The highest BCUT2D eigenvalue weighted by molar-refractivity contribution is 6.08. The Balaban J connectivity index is 1.16. The van der Waals surface area contributed by atoms with Crippen LogP contribution >= 0.6 is 0 Å². The first-order chi connectivity index (χ1) is 31.8. The van der Waals surface area contributed by atoms with Crippen LogP contribution in [-0.4, -0.2) is 0 Å². The minimum atomic E-state index is 0.554. The minimum absolute atomic E-state index is 0.554. The van der Waals surface area contributed by atoms with Crippen LogP contribution in [0.4, 0.5) is 17.1 Å². The fourth-order valence-electron chi connectivity index (χ4n) is 10.7. The Bertz CT molecular complexity index is 3490. The van der Waals surface area contributed by atoms with Crippen LogP contribution < -0.4 is 4.90 Å². The van der Waals surface area contributed by atoms with Crippen molar-refractivity contribution in [1.82, 2.24) is 0 Å². The van der Waals surface area contributed by atoms with Crippen LogP contribution in [0.2, 0.25) is 0 Å². The number of hydrogen-bond donors (Lipinski definition) is 0. The number of rotatable bonds is 8. The van der Waals surface area contributed by atoms with Gasteiger partial charge >= 0.3 is 0 Å². The number of hydrogen-bond acceptors (Lipinski definition) is 2. The highest BCUT2D eigenvalue weighted by Crippen LogP contribution is 2.51. The maximum atomic E-state index is 6.53. The van der Waals surface area contributed by atoms with E-state index >= 15 is 0 Å². The summed E-state index contributed by atoms with van der Waals surface area (Å²) in [6.45, 7) is 0. The van der Waals surface area contributed by atoms with Crippen molar-refractivity contribution in [3.63, 3.8) is 0 Å². The van der Waals surface area contributed by atoms with E-state index in [1.165, 1.54) is 81.5 Å².